The largest absolute Gasteiger partial charge is 0.422 e. The molecule has 0 aliphatic carbocycles. The quantitative estimate of drug-likeness (QED) is 0.694. The maximum Gasteiger partial charge on any atom is 0.349 e. The lowest BCUT2D eigenvalue weighted by atomic mass is 10.0. The average Bonchev–Trinajstić information content (AvgIpc) is 3.05. The monoisotopic (exact) mass is 364 g/mol. The zero-order chi connectivity index (χ0) is 19.0. The van der Waals surface area contributed by atoms with E-state index in [2.05, 4.69) is 10.2 Å². The summed E-state index contributed by atoms with van der Waals surface area (Å²) in [5.74, 6) is -0.561. The normalized spacial score (nSPS) is 14.2. The molecule has 1 atom stereocenters. The lowest BCUT2D eigenvalue weighted by Gasteiger charge is -2.15. The highest BCUT2D eigenvalue weighted by atomic mass is 16.4. The predicted molar refractivity (Wildman–Crippen MR) is 103 cm³/mol. The molecule has 3 aromatic rings. The lowest BCUT2D eigenvalue weighted by molar-refractivity contribution is 0.0913. The van der Waals surface area contributed by atoms with Crippen LogP contribution >= 0.6 is 0 Å². The number of amides is 1. The number of aliphatic hydroxyl groups excluding tert-OH is 1. The molecule has 4 rings (SSSR count). The van der Waals surface area contributed by atoms with Crippen LogP contribution in [0.5, 0.6) is 0 Å². The molecule has 2 N–H and O–H groups in total. The molecule has 27 heavy (non-hydrogen) atoms. The van der Waals surface area contributed by atoms with Gasteiger partial charge in [-0.05, 0) is 35.7 Å². The number of fused-ring (bicyclic) bond motifs is 2. The topological polar surface area (TPSA) is 82.8 Å². The van der Waals surface area contributed by atoms with Gasteiger partial charge in [-0.3, -0.25) is 4.79 Å². The van der Waals surface area contributed by atoms with Crippen molar-refractivity contribution < 1.29 is 14.3 Å². The van der Waals surface area contributed by atoms with E-state index in [-0.39, 0.29) is 12.1 Å². The number of para-hydroxylation sites is 1. The first-order chi connectivity index (χ1) is 13.0. The van der Waals surface area contributed by atoms with Gasteiger partial charge in [0.05, 0.1) is 6.10 Å². The van der Waals surface area contributed by atoms with E-state index in [1.807, 2.05) is 25.2 Å². The number of likely N-dealkylation sites (N-methyl/N-ethyl adjacent to an activating group) is 1. The van der Waals surface area contributed by atoms with E-state index < -0.39 is 17.6 Å². The summed E-state index contributed by atoms with van der Waals surface area (Å²) in [5.41, 5.74) is 2.77. The van der Waals surface area contributed by atoms with Crippen LogP contribution in [0, 0.1) is 0 Å². The fourth-order valence-corrected chi connectivity index (χ4v) is 3.42. The Kier molecular flexibility index (Phi) is 4.41. The second-order valence-corrected chi connectivity index (χ2v) is 6.77. The zero-order valence-corrected chi connectivity index (χ0v) is 14.9. The van der Waals surface area contributed by atoms with Gasteiger partial charge in [-0.1, -0.05) is 30.3 Å². The van der Waals surface area contributed by atoms with Crippen LogP contribution in [0.15, 0.2) is 57.7 Å². The molecule has 6 nitrogen and oxygen atoms in total. The van der Waals surface area contributed by atoms with Gasteiger partial charge in [0, 0.05) is 31.2 Å². The van der Waals surface area contributed by atoms with Crippen molar-refractivity contribution in [2.24, 2.45) is 0 Å². The zero-order valence-electron chi connectivity index (χ0n) is 14.9. The summed E-state index contributed by atoms with van der Waals surface area (Å²) in [4.78, 5) is 26.6. The van der Waals surface area contributed by atoms with E-state index in [0.29, 0.717) is 11.0 Å². The third-order valence-corrected chi connectivity index (χ3v) is 4.96. The van der Waals surface area contributed by atoms with Crippen molar-refractivity contribution in [2.75, 3.05) is 25.0 Å². The van der Waals surface area contributed by atoms with Gasteiger partial charge in [-0.25, -0.2) is 4.79 Å². The van der Waals surface area contributed by atoms with Crippen molar-refractivity contribution in [2.45, 2.75) is 12.5 Å². The Morgan fingerprint density at radius 1 is 1.26 bits per heavy atom. The van der Waals surface area contributed by atoms with Crippen LogP contribution in [0.25, 0.3) is 11.0 Å². The number of carbonyl (C=O) groups excluding carboxylic acids is 1. The minimum absolute atomic E-state index is 0.0136. The van der Waals surface area contributed by atoms with E-state index in [4.69, 9.17) is 4.42 Å². The van der Waals surface area contributed by atoms with Gasteiger partial charge in [-0.15, -0.1) is 0 Å². The number of aliphatic hydroxyl groups is 1. The molecule has 2 aromatic carbocycles. The van der Waals surface area contributed by atoms with Crippen LogP contribution in [0.1, 0.15) is 27.6 Å². The van der Waals surface area contributed by atoms with Crippen LogP contribution < -0.4 is 15.8 Å². The third-order valence-electron chi connectivity index (χ3n) is 4.96. The molecule has 0 bridgehead atoms. The van der Waals surface area contributed by atoms with Crippen molar-refractivity contribution in [1.29, 1.82) is 0 Å². The van der Waals surface area contributed by atoms with Crippen molar-refractivity contribution in [3.05, 3.63) is 75.6 Å². The molecule has 0 fully saturated rings. The van der Waals surface area contributed by atoms with Gasteiger partial charge in [0.1, 0.15) is 11.1 Å². The third kappa shape index (κ3) is 3.31. The summed E-state index contributed by atoms with van der Waals surface area (Å²) in [5, 5.41) is 13.7. The Balaban J connectivity index is 1.48. The Morgan fingerprint density at radius 3 is 2.93 bits per heavy atom. The molecule has 1 aromatic heterocycles. The molecule has 1 aliphatic heterocycles. The van der Waals surface area contributed by atoms with Gasteiger partial charge >= 0.3 is 5.63 Å². The molecule has 0 radical (unpaired) electrons. The van der Waals surface area contributed by atoms with E-state index in [1.54, 1.807) is 24.3 Å². The molecular formula is C21H20N2O4. The van der Waals surface area contributed by atoms with Crippen molar-refractivity contribution in [1.82, 2.24) is 5.32 Å². The van der Waals surface area contributed by atoms with Crippen molar-refractivity contribution >= 4 is 22.6 Å². The summed E-state index contributed by atoms with van der Waals surface area (Å²) in [6, 6.07) is 14.3. The molecule has 138 valence electrons. The van der Waals surface area contributed by atoms with Gasteiger partial charge in [-0.2, -0.15) is 0 Å². The fraction of sp³-hybridized carbons (Fsp3) is 0.238. The number of hydrogen-bond donors (Lipinski definition) is 2. The number of hydrogen-bond acceptors (Lipinski definition) is 5. The summed E-state index contributed by atoms with van der Waals surface area (Å²) in [6.07, 6.45) is 0.0920. The number of nitrogens with zero attached hydrogens (tertiary/aromatic N) is 1. The number of carbonyl (C=O) groups is 1. The molecule has 0 saturated carbocycles. The fourth-order valence-electron chi connectivity index (χ4n) is 3.42. The predicted octanol–water partition coefficient (Wildman–Crippen LogP) is 2.25. The number of rotatable bonds is 4. The van der Waals surface area contributed by atoms with E-state index in [0.717, 1.165) is 18.5 Å². The smallest absolute Gasteiger partial charge is 0.349 e. The van der Waals surface area contributed by atoms with Gasteiger partial charge in [0.2, 0.25) is 0 Å². The Labute approximate surface area is 156 Å². The Morgan fingerprint density at radius 2 is 2.07 bits per heavy atom. The molecule has 0 saturated heterocycles. The first-order valence-electron chi connectivity index (χ1n) is 8.86. The van der Waals surface area contributed by atoms with E-state index >= 15 is 0 Å². The number of benzene rings is 2. The minimum Gasteiger partial charge on any atom is -0.422 e. The van der Waals surface area contributed by atoms with Crippen LogP contribution in [0.4, 0.5) is 5.69 Å². The van der Waals surface area contributed by atoms with Crippen LogP contribution in [0.3, 0.4) is 0 Å². The first kappa shape index (κ1) is 17.3. The summed E-state index contributed by atoms with van der Waals surface area (Å²) >= 11 is 0. The highest BCUT2D eigenvalue weighted by Crippen LogP contribution is 2.29. The minimum atomic E-state index is -0.849. The lowest BCUT2D eigenvalue weighted by Crippen LogP contribution is -2.31. The van der Waals surface area contributed by atoms with Crippen LogP contribution in [-0.2, 0) is 6.42 Å². The van der Waals surface area contributed by atoms with E-state index in [1.165, 1.54) is 17.3 Å². The molecule has 2 heterocycles. The maximum absolute atomic E-state index is 12.4. The Hall–Kier alpha value is -3.12. The van der Waals surface area contributed by atoms with Gasteiger partial charge in [0.25, 0.3) is 5.91 Å². The molecule has 0 spiro atoms. The molecule has 1 unspecified atom stereocenters. The van der Waals surface area contributed by atoms with Crippen molar-refractivity contribution in [3.8, 4) is 0 Å². The average molecular weight is 364 g/mol. The van der Waals surface area contributed by atoms with Gasteiger partial charge in [0.15, 0.2) is 0 Å². The maximum atomic E-state index is 12.4. The molecule has 1 amide bonds. The Bertz CT molecular complexity index is 1070. The van der Waals surface area contributed by atoms with Crippen LogP contribution in [-0.4, -0.2) is 31.2 Å². The molecular weight excluding hydrogens is 344 g/mol. The molecule has 6 heteroatoms. The highest BCUT2D eigenvalue weighted by molar-refractivity contribution is 5.96. The van der Waals surface area contributed by atoms with E-state index in [9.17, 15) is 14.7 Å². The standard InChI is InChI=1S/C21H20N2O4/c1-23-9-8-13-10-14(6-7-17(13)23)18(24)12-22-20(25)16-11-15-4-2-3-5-19(15)27-21(16)26/h2-7,10-11,18,24H,8-9,12H2,1H3,(H,22,25). The SMILES string of the molecule is CN1CCc2cc(C(O)CNC(=O)c3cc4ccccc4oc3=O)ccc21. The van der Waals surface area contributed by atoms with Crippen molar-refractivity contribution in [3.63, 3.8) is 0 Å². The number of anilines is 1. The summed E-state index contributed by atoms with van der Waals surface area (Å²) < 4.78 is 5.18. The second kappa shape index (κ2) is 6.89. The van der Waals surface area contributed by atoms with Crippen LogP contribution in [0.2, 0.25) is 0 Å². The van der Waals surface area contributed by atoms with Gasteiger partial charge < -0.3 is 19.7 Å². The molecule has 1 aliphatic rings. The first-order valence-corrected chi connectivity index (χ1v) is 8.86. The highest BCUT2D eigenvalue weighted by Gasteiger charge is 2.19. The summed E-state index contributed by atoms with van der Waals surface area (Å²) in [6.45, 7) is 0.975. The second-order valence-electron chi connectivity index (χ2n) is 6.77. The summed E-state index contributed by atoms with van der Waals surface area (Å²) in [7, 11) is 2.04. The number of nitrogens with one attached hydrogen (secondary N) is 1.